The van der Waals surface area contributed by atoms with Crippen molar-refractivity contribution in [3.05, 3.63) is 95.1 Å². The van der Waals surface area contributed by atoms with E-state index in [4.69, 9.17) is 14.9 Å². The first kappa shape index (κ1) is 31.2. The first-order valence-corrected chi connectivity index (χ1v) is 14.3. The molecule has 2 N–H and O–H groups in total. The van der Waals surface area contributed by atoms with Gasteiger partial charge in [-0.15, -0.1) is 0 Å². The highest BCUT2D eigenvalue weighted by atomic mass is 16.5. The van der Waals surface area contributed by atoms with Crippen molar-refractivity contribution in [3.63, 3.8) is 0 Å². The molecule has 226 valence electrons. The molecule has 10 heteroatoms. The summed E-state index contributed by atoms with van der Waals surface area (Å²) in [7, 11) is 0. The normalized spacial score (nSPS) is 14.8. The predicted octanol–water partition coefficient (Wildman–Crippen LogP) is 4.53. The predicted molar refractivity (Wildman–Crippen MR) is 161 cm³/mol. The minimum absolute atomic E-state index is 0.144. The summed E-state index contributed by atoms with van der Waals surface area (Å²) in [5, 5.41) is 15.8. The Balaban J connectivity index is 0.000000467. The van der Waals surface area contributed by atoms with E-state index in [1.54, 1.807) is 24.3 Å². The van der Waals surface area contributed by atoms with Crippen molar-refractivity contribution in [2.24, 2.45) is 0 Å². The lowest BCUT2D eigenvalue weighted by atomic mass is 10.1. The van der Waals surface area contributed by atoms with Crippen molar-refractivity contribution in [1.29, 1.82) is 0 Å². The molecule has 1 saturated heterocycles. The number of anilines is 1. The molecule has 0 aromatic heterocycles. The van der Waals surface area contributed by atoms with Crippen LogP contribution in [0.4, 0.5) is 5.69 Å². The van der Waals surface area contributed by atoms with Gasteiger partial charge in [0.25, 0.3) is 11.8 Å². The van der Waals surface area contributed by atoms with Gasteiger partial charge in [-0.25, -0.2) is 0 Å². The van der Waals surface area contributed by atoms with Gasteiger partial charge in [0, 0.05) is 32.7 Å². The number of rotatable bonds is 10. The Morgan fingerprint density at radius 3 is 1.84 bits per heavy atom. The second-order valence-corrected chi connectivity index (χ2v) is 10.7. The Morgan fingerprint density at radius 1 is 0.744 bits per heavy atom. The van der Waals surface area contributed by atoms with E-state index in [-0.39, 0.29) is 30.8 Å². The fourth-order valence-corrected chi connectivity index (χ4v) is 5.08. The zero-order chi connectivity index (χ0) is 30.9. The van der Waals surface area contributed by atoms with E-state index < -0.39 is 11.9 Å². The molecule has 0 bridgehead atoms. The van der Waals surface area contributed by atoms with Gasteiger partial charge in [0.15, 0.2) is 0 Å². The lowest BCUT2D eigenvalue weighted by Gasteiger charge is -2.37. The Bertz CT molecular complexity index is 1420. The molecular formula is C33H37N3O7. The molecule has 10 nitrogen and oxygen atoms in total. The number of carboxylic acids is 2. The quantitative estimate of drug-likeness (QED) is 0.329. The molecule has 43 heavy (non-hydrogen) atoms. The van der Waals surface area contributed by atoms with E-state index >= 15 is 0 Å². The van der Waals surface area contributed by atoms with Gasteiger partial charge in [-0.1, -0.05) is 48.5 Å². The van der Waals surface area contributed by atoms with E-state index in [9.17, 15) is 19.2 Å². The highest BCUT2D eigenvalue weighted by molar-refractivity contribution is 6.21. The summed E-state index contributed by atoms with van der Waals surface area (Å²) >= 11 is 0. The molecule has 0 aliphatic carbocycles. The number of ether oxygens (including phenoxy) is 1. The Kier molecular flexibility index (Phi) is 10.5. The van der Waals surface area contributed by atoms with Crippen LogP contribution in [0, 0.1) is 0 Å². The second-order valence-electron chi connectivity index (χ2n) is 10.7. The summed E-state index contributed by atoms with van der Waals surface area (Å²) in [6.07, 6.45) is -0.449. The molecule has 2 heterocycles. The van der Waals surface area contributed by atoms with E-state index in [0.29, 0.717) is 17.7 Å². The van der Waals surface area contributed by atoms with Gasteiger partial charge in [0.2, 0.25) is 0 Å². The number of carbonyl (C=O) groups excluding carboxylic acids is 2. The van der Waals surface area contributed by atoms with Gasteiger partial charge in [0.1, 0.15) is 5.75 Å². The van der Waals surface area contributed by atoms with Crippen molar-refractivity contribution in [2.75, 3.05) is 31.1 Å². The molecular weight excluding hydrogens is 550 g/mol. The zero-order valence-electron chi connectivity index (χ0n) is 24.4. The number of piperazine rings is 1. The van der Waals surface area contributed by atoms with Crippen LogP contribution < -0.4 is 9.64 Å². The second kappa shape index (κ2) is 14.5. The minimum Gasteiger partial charge on any atom is -0.489 e. The number of para-hydroxylation sites is 2. The molecule has 0 saturated carbocycles. The number of carboxylic acid groups (broad SMARTS) is 2. The number of benzene rings is 3. The smallest absolute Gasteiger partial charge is 0.303 e. The average molecular weight is 588 g/mol. The number of carbonyl (C=O) groups is 4. The van der Waals surface area contributed by atoms with Gasteiger partial charge in [-0.2, -0.15) is 0 Å². The molecule has 1 fully saturated rings. The topological polar surface area (TPSA) is 128 Å². The molecule has 0 atom stereocenters. The minimum atomic E-state index is -1.08. The van der Waals surface area contributed by atoms with Crippen LogP contribution in [0.15, 0.2) is 72.8 Å². The Morgan fingerprint density at radius 2 is 1.28 bits per heavy atom. The highest BCUT2D eigenvalue weighted by Gasteiger charge is 2.35. The number of aliphatic carboxylic acids is 2. The number of amides is 2. The molecule has 0 unspecified atom stereocenters. The summed E-state index contributed by atoms with van der Waals surface area (Å²) in [5.74, 6) is -1.64. The van der Waals surface area contributed by atoms with E-state index in [1.807, 2.05) is 24.3 Å². The summed E-state index contributed by atoms with van der Waals surface area (Å²) in [6, 6.07) is 23.5. The highest BCUT2D eigenvalue weighted by Crippen LogP contribution is 2.30. The third kappa shape index (κ3) is 8.42. The summed E-state index contributed by atoms with van der Waals surface area (Å²) in [5.41, 5.74) is 4.30. The third-order valence-corrected chi connectivity index (χ3v) is 7.11. The number of imide groups is 1. The molecule has 3 aromatic carbocycles. The largest absolute Gasteiger partial charge is 0.489 e. The Hall–Kier alpha value is -4.70. The van der Waals surface area contributed by atoms with Crippen LogP contribution in [0.1, 0.15) is 58.5 Å². The first-order valence-electron chi connectivity index (χ1n) is 14.3. The van der Waals surface area contributed by atoms with E-state index in [1.165, 1.54) is 10.5 Å². The summed E-state index contributed by atoms with van der Waals surface area (Å²) in [6.45, 7) is 9.03. The maximum absolute atomic E-state index is 12.7. The monoisotopic (exact) mass is 587 g/mol. The fourth-order valence-electron chi connectivity index (χ4n) is 5.08. The van der Waals surface area contributed by atoms with Crippen LogP contribution >= 0.6 is 0 Å². The van der Waals surface area contributed by atoms with Crippen molar-refractivity contribution in [3.8, 4) is 5.75 Å². The summed E-state index contributed by atoms with van der Waals surface area (Å²) in [4.78, 5) is 50.9. The standard InChI is InChI=1S/C29H31N3O3.C4H6O4/c1-21(2)35-27-13-6-5-12-26(27)31-16-14-30(15-17-31)19-22-8-7-9-23(18-22)20-32-28(33)24-10-3-4-11-25(24)29(32)34;5-3(6)1-2-4(7)8/h3-13,18,21H,14-17,19-20H2,1-2H3;1-2H2,(H,5,6)(H,7,8). The van der Waals surface area contributed by atoms with Crippen molar-refractivity contribution < 1.29 is 34.1 Å². The third-order valence-electron chi connectivity index (χ3n) is 7.11. The van der Waals surface area contributed by atoms with Gasteiger partial charge in [-0.3, -0.25) is 29.0 Å². The Labute approximate surface area is 251 Å². The van der Waals surface area contributed by atoms with Crippen LogP contribution in [-0.2, 0) is 22.7 Å². The SMILES string of the molecule is CC(C)Oc1ccccc1N1CCN(Cc2cccc(CN3C(=O)c4ccccc4C3=O)c2)CC1.O=C(O)CCC(=O)O. The number of fused-ring (bicyclic) bond motifs is 1. The van der Waals surface area contributed by atoms with Crippen LogP contribution in [0.25, 0.3) is 0 Å². The summed E-state index contributed by atoms with van der Waals surface area (Å²) < 4.78 is 6.02. The van der Waals surface area contributed by atoms with Crippen LogP contribution in [0.3, 0.4) is 0 Å². The van der Waals surface area contributed by atoms with Crippen LogP contribution in [-0.4, -0.2) is 76.0 Å². The number of hydrogen-bond donors (Lipinski definition) is 2. The average Bonchev–Trinajstić information content (AvgIpc) is 3.22. The zero-order valence-corrected chi connectivity index (χ0v) is 24.4. The lowest BCUT2D eigenvalue weighted by molar-refractivity contribution is -0.143. The maximum Gasteiger partial charge on any atom is 0.303 e. The molecule has 2 amide bonds. The maximum atomic E-state index is 12.7. The van der Waals surface area contributed by atoms with Gasteiger partial charge in [-0.05, 0) is 49.2 Å². The number of hydrogen-bond acceptors (Lipinski definition) is 7. The molecule has 3 aromatic rings. The molecule has 0 radical (unpaired) electrons. The van der Waals surface area contributed by atoms with Crippen LogP contribution in [0.5, 0.6) is 5.75 Å². The van der Waals surface area contributed by atoms with Gasteiger partial charge in [0.05, 0.1) is 42.3 Å². The van der Waals surface area contributed by atoms with Gasteiger partial charge >= 0.3 is 11.9 Å². The van der Waals surface area contributed by atoms with Crippen molar-refractivity contribution >= 4 is 29.4 Å². The van der Waals surface area contributed by atoms with Gasteiger partial charge < -0.3 is 19.8 Å². The van der Waals surface area contributed by atoms with Crippen LogP contribution in [0.2, 0.25) is 0 Å². The van der Waals surface area contributed by atoms with E-state index in [2.05, 4.69) is 47.9 Å². The lowest BCUT2D eigenvalue weighted by Crippen LogP contribution is -2.46. The fraction of sp³-hybridized carbons (Fsp3) is 0.333. The van der Waals surface area contributed by atoms with E-state index in [0.717, 1.165) is 49.7 Å². The molecule has 2 aliphatic heterocycles. The first-order chi connectivity index (χ1) is 20.6. The molecule has 0 spiro atoms. The molecule has 2 aliphatic rings. The van der Waals surface area contributed by atoms with Crippen molar-refractivity contribution in [1.82, 2.24) is 9.80 Å². The number of nitrogens with zero attached hydrogens (tertiary/aromatic N) is 3. The van der Waals surface area contributed by atoms with Crippen molar-refractivity contribution in [2.45, 2.75) is 45.9 Å². The molecule has 5 rings (SSSR count).